The van der Waals surface area contributed by atoms with Crippen LogP contribution in [0.4, 0.5) is 0 Å². The van der Waals surface area contributed by atoms with Crippen molar-refractivity contribution >= 4 is 17.0 Å². The summed E-state index contributed by atoms with van der Waals surface area (Å²) < 4.78 is 0. The Morgan fingerprint density at radius 1 is 0.960 bits per heavy atom. The molecular formula is C21H14N2O2. The Morgan fingerprint density at radius 2 is 1.76 bits per heavy atom. The fourth-order valence-corrected chi connectivity index (χ4v) is 3.66. The minimum atomic E-state index is -0.937. The van der Waals surface area contributed by atoms with E-state index in [0.29, 0.717) is 0 Å². The highest BCUT2D eigenvalue weighted by Crippen LogP contribution is 2.42. The topological polar surface area (TPSA) is 66.0 Å². The maximum absolute atomic E-state index is 11.2. The zero-order chi connectivity index (χ0) is 17.0. The number of aromatic nitrogens is 2. The lowest BCUT2D eigenvalue weighted by Crippen LogP contribution is -1.94. The van der Waals surface area contributed by atoms with Crippen molar-refractivity contribution in [1.82, 2.24) is 9.97 Å². The molecule has 0 spiro atoms. The first-order valence-electron chi connectivity index (χ1n) is 8.14. The number of H-pyrrole nitrogens is 1. The van der Waals surface area contributed by atoms with E-state index in [2.05, 4.69) is 52.4 Å². The van der Waals surface area contributed by atoms with Crippen LogP contribution in [0, 0.1) is 0 Å². The number of carboxylic acids is 1. The largest absolute Gasteiger partial charge is 0.478 e. The molecule has 1 aliphatic rings. The van der Waals surface area contributed by atoms with Crippen LogP contribution in [0.15, 0.2) is 60.7 Å². The number of carboxylic acid groups (broad SMARTS) is 1. The number of aromatic amines is 1. The van der Waals surface area contributed by atoms with Crippen LogP contribution in [-0.2, 0) is 6.42 Å². The summed E-state index contributed by atoms with van der Waals surface area (Å²) in [5, 5.41) is 9.17. The Kier molecular flexibility index (Phi) is 2.82. The van der Waals surface area contributed by atoms with Crippen LogP contribution in [0.1, 0.15) is 21.5 Å². The fourth-order valence-electron chi connectivity index (χ4n) is 3.66. The number of imidazole rings is 1. The van der Waals surface area contributed by atoms with Crippen molar-refractivity contribution in [2.24, 2.45) is 0 Å². The number of hydrogen-bond donors (Lipinski definition) is 2. The quantitative estimate of drug-likeness (QED) is 0.502. The van der Waals surface area contributed by atoms with E-state index in [0.717, 1.165) is 28.8 Å². The maximum Gasteiger partial charge on any atom is 0.335 e. The van der Waals surface area contributed by atoms with Gasteiger partial charge in [0.15, 0.2) is 0 Å². The third-order valence-electron chi connectivity index (χ3n) is 4.80. The summed E-state index contributed by atoms with van der Waals surface area (Å²) >= 11 is 0. The molecule has 0 amide bonds. The van der Waals surface area contributed by atoms with Gasteiger partial charge in [-0.1, -0.05) is 42.5 Å². The van der Waals surface area contributed by atoms with Crippen LogP contribution < -0.4 is 0 Å². The number of hydrogen-bond acceptors (Lipinski definition) is 2. The third kappa shape index (κ3) is 2.08. The zero-order valence-corrected chi connectivity index (χ0v) is 13.3. The van der Waals surface area contributed by atoms with Gasteiger partial charge in [0.25, 0.3) is 0 Å². The molecule has 0 saturated carbocycles. The van der Waals surface area contributed by atoms with E-state index < -0.39 is 5.97 Å². The number of aromatic carboxylic acids is 1. The Labute approximate surface area is 143 Å². The molecule has 0 unspecified atom stereocenters. The van der Waals surface area contributed by atoms with Gasteiger partial charge in [-0.2, -0.15) is 0 Å². The monoisotopic (exact) mass is 326 g/mol. The van der Waals surface area contributed by atoms with Gasteiger partial charge >= 0.3 is 5.97 Å². The summed E-state index contributed by atoms with van der Waals surface area (Å²) in [7, 11) is 0. The average molecular weight is 326 g/mol. The van der Waals surface area contributed by atoms with Crippen molar-refractivity contribution in [3.05, 3.63) is 77.4 Å². The van der Waals surface area contributed by atoms with Gasteiger partial charge in [0.1, 0.15) is 5.82 Å². The summed E-state index contributed by atoms with van der Waals surface area (Å²) in [4.78, 5) is 19.2. The normalized spacial score (nSPS) is 12.2. The maximum atomic E-state index is 11.2. The number of fused-ring (bicyclic) bond motifs is 4. The Morgan fingerprint density at radius 3 is 2.64 bits per heavy atom. The van der Waals surface area contributed by atoms with Gasteiger partial charge in [-0.15, -0.1) is 0 Å². The van der Waals surface area contributed by atoms with Crippen LogP contribution in [-0.4, -0.2) is 21.0 Å². The molecule has 1 heterocycles. The molecule has 5 rings (SSSR count). The number of carbonyl (C=O) groups is 1. The molecule has 1 aliphatic carbocycles. The molecule has 4 nitrogen and oxygen atoms in total. The minimum Gasteiger partial charge on any atom is -0.478 e. The van der Waals surface area contributed by atoms with Crippen LogP contribution in [0.3, 0.4) is 0 Å². The molecular weight excluding hydrogens is 312 g/mol. The van der Waals surface area contributed by atoms with Crippen LogP contribution in [0.2, 0.25) is 0 Å². The molecule has 1 aromatic heterocycles. The van der Waals surface area contributed by atoms with E-state index in [1.54, 1.807) is 18.2 Å². The number of rotatable bonds is 2. The van der Waals surface area contributed by atoms with Crippen molar-refractivity contribution in [1.29, 1.82) is 0 Å². The van der Waals surface area contributed by atoms with E-state index in [1.807, 2.05) is 0 Å². The first-order chi connectivity index (χ1) is 12.2. The minimum absolute atomic E-state index is 0.256. The molecule has 0 fully saturated rings. The SMILES string of the molecule is O=C(O)c1ccc2nc(-c3cccc4c3-c3ccccc3C4)[nH]c2c1. The molecule has 0 aliphatic heterocycles. The molecule has 0 atom stereocenters. The van der Waals surface area contributed by atoms with Crippen LogP contribution in [0.5, 0.6) is 0 Å². The van der Waals surface area contributed by atoms with Crippen molar-refractivity contribution < 1.29 is 9.90 Å². The molecule has 4 heteroatoms. The Hall–Kier alpha value is -3.40. The molecule has 3 aromatic carbocycles. The summed E-state index contributed by atoms with van der Waals surface area (Å²) in [6.45, 7) is 0. The standard InChI is InChI=1S/C21H14N2O2/c24-21(25)14-8-9-17-18(11-14)23-20(22-17)16-7-3-5-13-10-12-4-1-2-6-15(12)19(13)16/h1-9,11H,10H2,(H,22,23)(H,24,25). The predicted octanol–water partition coefficient (Wildman–Crippen LogP) is 4.50. The predicted molar refractivity (Wildman–Crippen MR) is 96.7 cm³/mol. The number of benzene rings is 3. The molecule has 2 N–H and O–H groups in total. The van der Waals surface area contributed by atoms with Crippen molar-refractivity contribution in [2.45, 2.75) is 6.42 Å². The second kappa shape index (κ2) is 5.05. The summed E-state index contributed by atoms with van der Waals surface area (Å²) in [5.74, 6) is -0.168. The third-order valence-corrected chi connectivity index (χ3v) is 4.80. The average Bonchev–Trinajstić information content (AvgIpc) is 3.21. The lowest BCUT2D eigenvalue weighted by Gasteiger charge is -2.07. The van der Waals surface area contributed by atoms with Gasteiger partial charge in [-0.3, -0.25) is 0 Å². The highest BCUT2D eigenvalue weighted by molar-refractivity contribution is 5.94. The molecule has 120 valence electrons. The van der Waals surface area contributed by atoms with Gasteiger partial charge in [-0.25, -0.2) is 9.78 Å². The molecule has 25 heavy (non-hydrogen) atoms. The van der Waals surface area contributed by atoms with E-state index in [4.69, 9.17) is 5.11 Å². The zero-order valence-electron chi connectivity index (χ0n) is 13.3. The lowest BCUT2D eigenvalue weighted by atomic mass is 9.99. The van der Waals surface area contributed by atoms with Crippen LogP contribution in [0.25, 0.3) is 33.5 Å². The van der Waals surface area contributed by atoms with Crippen molar-refractivity contribution in [2.75, 3.05) is 0 Å². The van der Waals surface area contributed by atoms with Crippen molar-refractivity contribution in [3.63, 3.8) is 0 Å². The Balaban J connectivity index is 1.72. The molecule has 0 radical (unpaired) electrons. The van der Waals surface area contributed by atoms with Crippen molar-refractivity contribution in [3.8, 4) is 22.5 Å². The van der Waals surface area contributed by atoms with E-state index >= 15 is 0 Å². The van der Waals surface area contributed by atoms with Gasteiger partial charge in [0.2, 0.25) is 0 Å². The first kappa shape index (κ1) is 14.0. The Bertz CT molecular complexity index is 1160. The van der Waals surface area contributed by atoms with E-state index in [9.17, 15) is 4.79 Å². The summed E-state index contributed by atoms with van der Waals surface area (Å²) in [6.07, 6.45) is 0.933. The number of nitrogens with one attached hydrogen (secondary N) is 1. The molecule has 0 bridgehead atoms. The summed E-state index contributed by atoms with van der Waals surface area (Å²) in [6, 6.07) is 19.7. The van der Waals surface area contributed by atoms with Gasteiger partial charge < -0.3 is 10.1 Å². The fraction of sp³-hybridized carbons (Fsp3) is 0.0476. The highest BCUT2D eigenvalue weighted by Gasteiger charge is 2.22. The molecule has 0 saturated heterocycles. The first-order valence-corrected chi connectivity index (χ1v) is 8.14. The number of nitrogens with zero attached hydrogens (tertiary/aromatic N) is 1. The molecule has 4 aromatic rings. The van der Waals surface area contributed by atoms with Crippen LogP contribution >= 0.6 is 0 Å². The smallest absolute Gasteiger partial charge is 0.335 e. The summed E-state index contributed by atoms with van der Waals surface area (Å²) in [5.41, 5.74) is 7.90. The van der Waals surface area contributed by atoms with E-state index in [1.165, 1.54) is 22.3 Å². The van der Waals surface area contributed by atoms with Gasteiger partial charge in [0, 0.05) is 5.56 Å². The van der Waals surface area contributed by atoms with Gasteiger partial charge in [-0.05, 0) is 46.9 Å². The second-order valence-corrected chi connectivity index (χ2v) is 6.30. The second-order valence-electron chi connectivity index (χ2n) is 6.30. The van der Waals surface area contributed by atoms with E-state index in [-0.39, 0.29) is 5.56 Å². The lowest BCUT2D eigenvalue weighted by molar-refractivity contribution is 0.0697. The highest BCUT2D eigenvalue weighted by atomic mass is 16.4. The van der Waals surface area contributed by atoms with Gasteiger partial charge in [0.05, 0.1) is 16.6 Å².